The lowest BCUT2D eigenvalue weighted by atomic mass is 10.2. The number of nitrogens with zero attached hydrogens (tertiary/aromatic N) is 1. The fourth-order valence-corrected chi connectivity index (χ4v) is 1.37. The largest absolute Gasteiger partial charge is 0.377 e. The first kappa shape index (κ1) is 8.93. The first-order valence-electron chi connectivity index (χ1n) is 3.92. The summed E-state index contributed by atoms with van der Waals surface area (Å²) in [6.07, 6.45) is 0.287. The predicted molar refractivity (Wildman–Crippen MR) is 42.0 cm³/mol. The Morgan fingerprint density at radius 3 is 2.64 bits per heavy atom. The van der Waals surface area contributed by atoms with Gasteiger partial charge >= 0.3 is 0 Å². The standard InChI is InChI=1S/C7H16N2O2/c1-3-11-7-5-9(8)4-6(7)10-2/h6-7H,3-5,8H2,1-2H3/t6-,7+/m1/s1. The third-order valence-corrected chi connectivity index (χ3v) is 1.93. The highest BCUT2D eigenvalue weighted by Gasteiger charge is 2.31. The lowest BCUT2D eigenvalue weighted by Gasteiger charge is -2.15. The molecule has 0 aromatic carbocycles. The van der Waals surface area contributed by atoms with Gasteiger partial charge in [-0.25, -0.2) is 5.01 Å². The Bertz CT molecular complexity index is 121. The molecule has 2 N–H and O–H groups in total. The maximum absolute atomic E-state index is 5.59. The monoisotopic (exact) mass is 160 g/mol. The molecule has 0 aromatic rings. The van der Waals surface area contributed by atoms with Crippen molar-refractivity contribution in [3.05, 3.63) is 0 Å². The molecule has 1 rings (SSSR count). The van der Waals surface area contributed by atoms with Gasteiger partial charge in [-0.05, 0) is 6.92 Å². The average molecular weight is 160 g/mol. The summed E-state index contributed by atoms with van der Waals surface area (Å²) in [4.78, 5) is 0. The van der Waals surface area contributed by atoms with Crippen molar-refractivity contribution in [2.45, 2.75) is 19.1 Å². The van der Waals surface area contributed by atoms with Crippen molar-refractivity contribution >= 4 is 0 Å². The summed E-state index contributed by atoms with van der Waals surface area (Å²) in [6, 6.07) is 0. The summed E-state index contributed by atoms with van der Waals surface area (Å²) >= 11 is 0. The highest BCUT2D eigenvalue weighted by molar-refractivity contribution is 4.82. The van der Waals surface area contributed by atoms with Gasteiger partial charge < -0.3 is 9.47 Å². The molecule has 0 aromatic heterocycles. The van der Waals surface area contributed by atoms with E-state index in [1.807, 2.05) is 6.92 Å². The van der Waals surface area contributed by atoms with Gasteiger partial charge in [0.15, 0.2) is 0 Å². The number of rotatable bonds is 3. The van der Waals surface area contributed by atoms with E-state index in [1.54, 1.807) is 12.1 Å². The van der Waals surface area contributed by atoms with Crippen LogP contribution in [0, 0.1) is 0 Å². The van der Waals surface area contributed by atoms with E-state index < -0.39 is 0 Å². The normalized spacial score (nSPS) is 33.0. The zero-order chi connectivity index (χ0) is 8.27. The van der Waals surface area contributed by atoms with E-state index in [4.69, 9.17) is 15.3 Å². The van der Waals surface area contributed by atoms with E-state index in [0.29, 0.717) is 0 Å². The minimum absolute atomic E-state index is 0.139. The van der Waals surface area contributed by atoms with Gasteiger partial charge in [0.2, 0.25) is 0 Å². The van der Waals surface area contributed by atoms with Crippen LogP contribution in [0.5, 0.6) is 0 Å². The molecule has 4 heteroatoms. The van der Waals surface area contributed by atoms with Crippen LogP contribution in [-0.2, 0) is 9.47 Å². The molecule has 1 saturated heterocycles. The molecule has 0 spiro atoms. The highest BCUT2D eigenvalue weighted by atomic mass is 16.5. The molecule has 11 heavy (non-hydrogen) atoms. The molecule has 0 bridgehead atoms. The van der Waals surface area contributed by atoms with Crippen LogP contribution >= 0.6 is 0 Å². The molecular weight excluding hydrogens is 144 g/mol. The molecule has 66 valence electrons. The van der Waals surface area contributed by atoms with Crippen LogP contribution in [0.1, 0.15) is 6.92 Å². The van der Waals surface area contributed by atoms with Gasteiger partial charge in [-0.15, -0.1) is 0 Å². The molecule has 2 atom stereocenters. The minimum atomic E-state index is 0.139. The maximum atomic E-state index is 5.59. The van der Waals surface area contributed by atoms with Crippen LogP contribution in [0.15, 0.2) is 0 Å². The average Bonchev–Trinajstić information content (AvgIpc) is 2.32. The SMILES string of the molecule is CCO[C@H]1CN(N)C[C@H]1OC. The Labute approximate surface area is 67.2 Å². The maximum Gasteiger partial charge on any atom is 0.0989 e. The highest BCUT2D eigenvalue weighted by Crippen LogP contribution is 2.12. The molecule has 1 heterocycles. The van der Waals surface area contributed by atoms with Gasteiger partial charge in [-0.3, -0.25) is 5.84 Å². The van der Waals surface area contributed by atoms with Crippen molar-refractivity contribution in [2.75, 3.05) is 26.8 Å². The fourth-order valence-electron chi connectivity index (χ4n) is 1.37. The van der Waals surface area contributed by atoms with E-state index in [0.717, 1.165) is 19.7 Å². The molecular formula is C7H16N2O2. The number of hydrazine groups is 1. The van der Waals surface area contributed by atoms with Crippen LogP contribution in [0.2, 0.25) is 0 Å². The summed E-state index contributed by atoms with van der Waals surface area (Å²) in [7, 11) is 1.69. The number of hydrogen-bond donors (Lipinski definition) is 1. The van der Waals surface area contributed by atoms with Gasteiger partial charge in [0.1, 0.15) is 0 Å². The van der Waals surface area contributed by atoms with E-state index in [2.05, 4.69) is 0 Å². The number of methoxy groups -OCH3 is 1. The number of hydrogen-bond acceptors (Lipinski definition) is 4. The zero-order valence-electron chi connectivity index (χ0n) is 7.12. The lowest BCUT2D eigenvalue weighted by Crippen LogP contribution is -2.29. The Balaban J connectivity index is 2.37. The first-order valence-corrected chi connectivity index (χ1v) is 3.92. The topological polar surface area (TPSA) is 47.7 Å². The van der Waals surface area contributed by atoms with Gasteiger partial charge in [0, 0.05) is 26.8 Å². The zero-order valence-corrected chi connectivity index (χ0v) is 7.12. The van der Waals surface area contributed by atoms with Crippen LogP contribution in [-0.4, -0.2) is 44.0 Å². The van der Waals surface area contributed by atoms with Crippen molar-refractivity contribution < 1.29 is 9.47 Å². The Morgan fingerprint density at radius 1 is 1.45 bits per heavy atom. The second-order valence-corrected chi connectivity index (χ2v) is 2.72. The van der Waals surface area contributed by atoms with E-state index in [9.17, 15) is 0 Å². The second kappa shape index (κ2) is 4.01. The predicted octanol–water partition coefficient (Wildman–Crippen LogP) is -0.404. The quantitative estimate of drug-likeness (QED) is 0.570. The van der Waals surface area contributed by atoms with Gasteiger partial charge in [-0.1, -0.05) is 0 Å². The molecule has 0 saturated carbocycles. The van der Waals surface area contributed by atoms with Crippen LogP contribution < -0.4 is 5.84 Å². The van der Waals surface area contributed by atoms with Crippen molar-refractivity contribution in [1.29, 1.82) is 0 Å². The summed E-state index contributed by atoms with van der Waals surface area (Å²) in [6.45, 7) is 4.23. The van der Waals surface area contributed by atoms with Crippen LogP contribution in [0.3, 0.4) is 0 Å². The molecule has 4 nitrogen and oxygen atoms in total. The van der Waals surface area contributed by atoms with Crippen LogP contribution in [0.25, 0.3) is 0 Å². The molecule has 1 aliphatic rings. The molecule has 0 aliphatic carbocycles. The van der Waals surface area contributed by atoms with Crippen molar-refractivity contribution in [3.8, 4) is 0 Å². The van der Waals surface area contributed by atoms with Crippen molar-refractivity contribution in [1.82, 2.24) is 5.01 Å². The fraction of sp³-hybridized carbons (Fsp3) is 1.00. The summed E-state index contributed by atoms with van der Waals surface area (Å²) in [5.41, 5.74) is 0. The summed E-state index contributed by atoms with van der Waals surface area (Å²) < 4.78 is 10.6. The third kappa shape index (κ3) is 2.13. The van der Waals surface area contributed by atoms with E-state index >= 15 is 0 Å². The number of nitrogens with two attached hydrogens (primary N) is 1. The summed E-state index contributed by atoms with van der Waals surface area (Å²) in [5.74, 6) is 5.59. The Kier molecular flexibility index (Phi) is 3.26. The molecule has 0 radical (unpaired) electrons. The third-order valence-electron chi connectivity index (χ3n) is 1.93. The minimum Gasteiger partial charge on any atom is -0.377 e. The van der Waals surface area contributed by atoms with Gasteiger partial charge in [-0.2, -0.15) is 0 Å². The summed E-state index contributed by atoms with van der Waals surface area (Å²) in [5, 5.41) is 1.73. The van der Waals surface area contributed by atoms with E-state index in [1.165, 1.54) is 0 Å². The van der Waals surface area contributed by atoms with E-state index in [-0.39, 0.29) is 12.2 Å². The van der Waals surface area contributed by atoms with Crippen molar-refractivity contribution in [2.24, 2.45) is 5.84 Å². The Morgan fingerprint density at radius 2 is 2.09 bits per heavy atom. The van der Waals surface area contributed by atoms with Gasteiger partial charge in [0.25, 0.3) is 0 Å². The van der Waals surface area contributed by atoms with Crippen LogP contribution in [0.4, 0.5) is 0 Å². The molecule has 0 amide bonds. The second-order valence-electron chi connectivity index (χ2n) is 2.72. The van der Waals surface area contributed by atoms with Crippen molar-refractivity contribution in [3.63, 3.8) is 0 Å². The van der Waals surface area contributed by atoms with Gasteiger partial charge in [0.05, 0.1) is 12.2 Å². The first-order chi connectivity index (χ1) is 5.27. The Hall–Kier alpha value is -0.160. The molecule has 1 aliphatic heterocycles. The smallest absolute Gasteiger partial charge is 0.0989 e. The molecule has 1 fully saturated rings. The lowest BCUT2D eigenvalue weighted by molar-refractivity contribution is -0.0233. The number of ether oxygens (including phenoxy) is 2. The molecule has 0 unspecified atom stereocenters.